The molecule has 0 radical (unpaired) electrons. The van der Waals surface area contributed by atoms with Crippen LogP contribution in [-0.2, 0) is 9.47 Å². The summed E-state index contributed by atoms with van der Waals surface area (Å²) in [4.78, 5) is 18.7. The molecule has 3 heterocycles. The summed E-state index contributed by atoms with van der Waals surface area (Å²) in [6, 6.07) is 0. The average Bonchev–Trinajstić information content (AvgIpc) is 2.74. The molecule has 0 N–H and O–H groups in total. The fourth-order valence-corrected chi connectivity index (χ4v) is 4.08. The number of hydrogen-bond donors (Lipinski definition) is 0. The predicted octanol–water partition coefficient (Wildman–Crippen LogP) is 3.00. The minimum atomic E-state index is 0.735. The van der Waals surface area contributed by atoms with E-state index in [-0.39, 0.29) is 0 Å². The van der Waals surface area contributed by atoms with Crippen LogP contribution in [-0.4, -0.2) is 73.3 Å². The maximum Gasteiger partial charge on any atom is 0.231 e. The Morgan fingerprint density at radius 1 is 0.741 bits per heavy atom. The number of unbranched alkanes of at least 4 members (excludes halogenated alkanes) is 5. The molecule has 8 heteroatoms. The maximum atomic E-state index is 5.47. The van der Waals surface area contributed by atoms with Gasteiger partial charge >= 0.3 is 0 Å². The molecule has 0 atom stereocenters. The van der Waals surface area contributed by atoms with Crippen molar-refractivity contribution < 1.29 is 9.47 Å². The van der Waals surface area contributed by atoms with Crippen LogP contribution in [0, 0.1) is 0 Å². The fraction of sp³-hybridized carbons (Fsp3) is 0.842. The SMILES string of the molecule is CCCCCCCCSc1nc(N2CCOCC2)nc(N2CCOCC2)n1. The van der Waals surface area contributed by atoms with Crippen LogP contribution in [0.25, 0.3) is 0 Å². The van der Waals surface area contributed by atoms with E-state index < -0.39 is 0 Å². The van der Waals surface area contributed by atoms with Gasteiger partial charge in [0.1, 0.15) is 0 Å². The van der Waals surface area contributed by atoms with Crippen LogP contribution in [0.2, 0.25) is 0 Å². The average molecular weight is 396 g/mol. The molecular formula is C19H33N5O2S. The molecule has 7 nitrogen and oxygen atoms in total. The zero-order valence-electron chi connectivity index (χ0n) is 16.6. The second-order valence-corrected chi connectivity index (χ2v) is 8.10. The summed E-state index contributed by atoms with van der Waals surface area (Å²) < 4.78 is 10.9. The topological polar surface area (TPSA) is 63.6 Å². The van der Waals surface area contributed by atoms with Crippen molar-refractivity contribution >= 4 is 23.7 Å². The zero-order chi connectivity index (χ0) is 18.7. The molecule has 2 saturated heterocycles. The van der Waals surface area contributed by atoms with Gasteiger partial charge in [0, 0.05) is 31.9 Å². The van der Waals surface area contributed by atoms with Gasteiger partial charge in [-0.15, -0.1) is 0 Å². The van der Waals surface area contributed by atoms with Crippen LogP contribution >= 0.6 is 11.8 Å². The lowest BCUT2D eigenvalue weighted by molar-refractivity contribution is 0.121. The summed E-state index contributed by atoms with van der Waals surface area (Å²) in [5, 5.41) is 0.849. The third kappa shape index (κ3) is 6.76. The molecule has 2 aliphatic heterocycles. The summed E-state index contributed by atoms with van der Waals surface area (Å²) in [6.07, 6.45) is 7.87. The largest absolute Gasteiger partial charge is 0.378 e. The van der Waals surface area contributed by atoms with Gasteiger partial charge in [0.15, 0.2) is 5.16 Å². The number of morpholine rings is 2. The van der Waals surface area contributed by atoms with Crippen LogP contribution in [0.15, 0.2) is 5.16 Å². The molecule has 1 aromatic heterocycles. The lowest BCUT2D eigenvalue weighted by Crippen LogP contribution is -2.40. The first-order valence-electron chi connectivity index (χ1n) is 10.4. The highest BCUT2D eigenvalue weighted by Gasteiger charge is 2.20. The summed E-state index contributed by atoms with van der Waals surface area (Å²) >= 11 is 1.76. The van der Waals surface area contributed by atoms with Gasteiger partial charge in [-0.05, 0) is 6.42 Å². The molecule has 0 saturated carbocycles. The monoisotopic (exact) mass is 395 g/mol. The van der Waals surface area contributed by atoms with Gasteiger partial charge < -0.3 is 19.3 Å². The number of aromatic nitrogens is 3. The summed E-state index contributed by atoms with van der Waals surface area (Å²) in [6.45, 7) is 8.56. The normalized spacial score (nSPS) is 18.1. The van der Waals surface area contributed by atoms with E-state index in [4.69, 9.17) is 24.4 Å². The Labute approximate surface area is 167 Å². The Morgan fingerprint density at radius 3 is 1.81 bits per heavy atom. The lowest BCUT2D eigenvalue weighted by atomic mass is 10.1. The molecule has 0 spiro atoms. The fourth-order valence-electron chi connectivity index (χ4n) is 3.26. The van der Waals surface area contributed by atoms with Crippen molar-refractivity contribution in [1.29, 1.82) is 0 Å². The van der Waals surface area contributed by atoms with Gasteiger partial charge in [-0.25, -0.2) is 0 Å². The third-order valence-electron chi connectivity index (χ3n) is 4.91. The highest BCUT2D eigenvalue weighted by Crippen LogP contribution is 2.23. The highest BCUT2D eigenvalue weighted by atomic mass is 32.2. The zero-order valence-corrected chi connectivity index (χ0v) is 17.4. The number of thioether (sulfide) groups is 1. The van der Waals surface area contributed by atoms with Gasteiger partial charge in [-0.2, -0.15) is 15.0 Å². The van der Waals surface area contributed by atoms with Gasteiger partial charge in [-0.3, -0.25) is 0 Å². The highest BCUT2D eigenvalue weighted by molar-refractivity contribution is 7.99. The number of anilines is 2. The minimum Gasteiger partial charge on any atom is -0.378 e. The Balaban J connectivity index is 1.60. The molecule has 3 rings (SSSR count). The standard InChI is InChI=1S/C19H33N5O2S/c1-2-3-4-5-6-7-16-27-19-21-17(23-8-12-25-13-9-23)20-18(22-19)24-10-14-26-15-11-24/h2-16H2,1H3. The smallest absolute Gasteiger partial charge is 0.231 e. The molecule has 27 heavy (non-hydrogen) atoms. The first kappa shape index (κ1) is 20.6. The third-order valence-corrected chi connectivity index (χ3v) is 5.84. The van der Waals surface area contributed by atoms with Crippen LogP contribution in [0.3, 0.4) is 0 Å². The number of rotatable bonds is 10. The first-order valence-corrected chi connectivity index (χ1v) is 11.4. The number of hydrogen-bond acceptors (Lipinski definition) is 8. The Morgan fingerprint density at radius 2 is 1.26 bits per heavy atom. The van der Waals surface area contributed by atoms with Crippen molar-refractivity contribution in [2.75, 3.05) is 68.2 Å². The summed E-state index contributed by atoms with van der Waals surface area (Å²) in [5.74, 6) is 2.65. The molecule has 0 amide bonds. The molecule has 1 aromatic rings. The molecule has 0 bridgehead atoms. The van der Waals surface area contributed by atoms with E-state index in [2.05, 4.69) is 16.7 Å². The molecule has 2 fully saturated rings. The van der Waals surface area contributed by atoms with Crippen LogP contribution < -0.4 is 9.80 Å². The van der Waals surface area contributed by atoms with Gasteiger partial charge in [0.05, 0.1) is 26.4 Å². The van der Waals surface area contributed by atoms with Crippen LogP contribution in [0.1, 0.15) is 45.4 Å². The van der Waals surface area contributed by atoms with Crippen LogP contribution in [0.5, 0.6) is 0 Å². The van der Waals surface area contributed by atoms with Crippen molar-refractivity contribution in [3.05, 3.63) is 0 Å². The minimum absolute atomic E-state index is 0.735. The number of nitrogens with zero attached hydrogens (tertiary/aromatic N) is 5. The first-order chi connectivity index (χ1) is 13.4. The van der Waals surface area contributed by atoms with Crippen LogP contribution in [0.4, 0.5) is 11.9 Å². The van der Waals surface area contributed by atoms with E-state index in [1.54, 1.807) is 11.8 Å². The van der Waals surface area contributed by atoms with Crippen molar-refractivity contribution in [2.45, 2.75) is 50.6 Å². The van der Waals surface area contributed by atoms with E-state index in [9.17, 15) is 0 Å². The molecule has 0 unspecified atom stereocenters. The summed E-state index contributed by atoms with van der Waals surface area (Å²) in [7, 11) is 0. The number of ether oxygens (including phenoxy) is 2. The molecule has 0 aromatic carbocycles. The van der Waals surface area contributed by atoms with Gasteiger partial charge in [0.25, 0.3) is 0 Å². The van der Waals surface area contributed by atoms with E-state index in [1.807, 2.05) is 0 Å². The Hall–Kier alpha value is -1.12. The van der Waals surface area contributed by atoms with Crippen molar-refractivity contribution in [2.24, 2.45) is 0 Å². The summed E-state index contributed by atoms with van der Waals surface area (Å²) in [5.41, 5.74) is 0. The van der Waals surface area contributed by atoms with E-state index >= 15 is 0 Å². The van der Waals surface area contributed by atoms with Crippen molar-refractivity contribution in [3.63, 3.8) is 0 Å². The van der Waals surface area contributed by atoms with E-state index in [0.29, 0.717) is 0 Å². The second-order valence-electron chi connectivity index (χ2n) is 7.03. The van der Waals surface area contributed by atoms with Gasteiger partial charge in [-0.1, -0.05) is 50.8 Å². The lowest BCUT2D eigenvalue weighted by Gasteiger charge is -2.30. The second kappa shape index (κ2) is 11.7. The van der Waals surface area contributed by atoms with E-state index in [0.717, 1.165) is 75.4 Å². The Bertz CT molecular complexity index is 515. The quantitative estimate of drug-likeness (QED) is 0.443. The van der Waals surface area contributed by atoms with Gasteiger partial charge in [0.2, 0.25) is 11.9 Å². The predicted molar refractivity (Wildman–Crippen MR) is 110 cm³/mol. The molecular weight excluding hydrogens is 362 g/mol. The Kier molecular flexibility index (Phi) is 8.90. The molecule has 0 aliphatic carbocycles. The maximum absolute atomic E-state index is 5.47. The van der Waals surface area contributed by atoms with Crippen molar-refractivity contribution in [3.8, 4) is 0 Å². The molecule has 152 valence electrons. The molecule has 2 aliphatic rings. The van der Waals surface area contributed by atoms with E-state index in [1.165, 1.54) is 38.5 Å². The van der Waals surface area contributed by atoms with Crippen molar-refractivity contribution in [1.82, 2.24) is 15.0 Å².